The molecule has 1 aliphatic rings. The van der Waals surface area contributed by atoms with E-state index in [1.54, 1.807) is 11.0 Å². The van der Waals surface area contributed by atoms with E-state index in [1.165, 1.54) is 6.07 Å². The van der Waals surface area contributed by atoms with Crippen molar-refractivity contribution in [2.45, 2.75) is 59.4 Å². The topological polar surface area (TPSA) is 168 Å². The van der Waals surface area contributed by atoms with Crippen LogP contribution in [0.3, 0.4) is 0 Å². The molecule has 1 aromatic carbocycles. The van der Waals surface area contributed by atoms with Gasteiger partial charge in [-0.2, -0.15) is 5.26 Å². The fourth-order valence-electron chi connectivity index (χ4n) is 4.05. The van der Waals surface area contributed by atoms with Gasteiger partial charge in [0.15, 0.2) is 23.9 Å². The lowest BCUT2D eigenvalue weighted by atomic mass is 9.84. The van der Waals surface area contributed by atoms with Crippen molar-refractivity contribution in [2.75, 3.05) is 33.0 Å². The van der Waals surface area contributed by atoms with Gasteiger partial charge in [-0.1, -0.05) is 20.8 Å². The zero-order valence-electron chi connectivity index (χ0n) is 23.9. The fraction of sp³-hybridized carbons (Fsp3) is 0.500. The number of benzene rings is 1. The first kappa shape index (κ1) is 33.3. The minimum Gasteiger partial charge on any atom is -0.490 e. The highest BCUT2D eigenvalue weighted by Crippen LogP contribution is 2.40. The summed E-state index contributed by atoms with van der Waals surface area (Å²) < 4.78 is 22.6. The number of Topliss-reactive ketones (excluding diaryl/α,β-unsaturated/α-hetero) is 1. The van der Waals surface area contributed by atoms with Crippen molar-refractivity contribution >= 4 is 34.6 Å². The zero-order chi connectivity index (χ0) is 29.4. The predicted molar refractivity (Wildman–Crippen MR) is 155 cm³/mol. The first-order valence-electron chi connectivity index (χ1n) is 13.1. The molecule has 0 unspecified atom stereocenters. The van der Waals surface area contributed by atoms with Crippen LogP contribution < -0.4 is 18.9 Å². The van der Waals surface area contributed by atoms with Gasteiger partial charge < -0.3 is 29.0 Å². The monoisotopic (exact) mass is 633 g/mol. The fourth-order valence-corrected chi connectivity index (χ4v) is 4.05. The van der Waals surface area contributed by atoms with Crippen molar-refractivity contribution < 1.29 is 33.6 Å². The number of amidine groups is 1. The minimum atomic E-state index is -1.15. The molecule has 1 aromatic heterocycles. The Balaban J connectivity index is 0.00000588. The van der Waals surface area contributed by atoms with E-state index in [4.69, 9.17) is 29.6 Å². The minimum absolute atomic E-state index is 0. The number of nitrogens with zero attached hydrogens (tertiary/aromatic N) is 4. The van der Waals surface area contributed by atoms with Gasteiger partial charge in [0.25, 0.3) is 11.8 Å². The molecule has 2 heterocycles. The van der Waals surface area contributed by atoms with Crippen molar-refractivity contribution in [3.63, 3.8) is 0 Å². The third kappa shape index (κ3) is 8.29. The van der Waals surface area contributed by atoms with Crippen LogP contribution in [-0.4, -0.2) is 70.5 Å². The van der Waals surface area contributed by atoms with Crippen molar-refractivity contribution in [2.24, 2.45) is 0 Å². The number of nitrogens with one attached hydrogen (secondary N) is 1. The van der Waals surface area contributed by atoms with E-state index in [1.807, 2.05) is 34.6 Å². The van der Waals surface area contributed by atoms with Gasteiger partial charge in [0.05, 0.1) is 44.7 Å². The number of unbranched alkanes of at least 4 members (excludes halogenated alkanes) is 1. The van der Waals surface area contributed by atoms with Gasteiger partial charge in [0.1, 0.15) is 11.5 Å². The number of aliphatic carboxylic acids is 1. The predicted octanol–water partition coefficient (Wildman–Crippen LogP) is 4.32. The highest BCUT2D eigenvalue weighted by Gasteiger charge is 2.32. The van der Waals surface area contributed by atoms with Crippen LogP contribution >= 0.6 is 17.0 Å². The van der Waals surface area contributed by atoms with E-state index in [2.05, 4.69) is 16.0 Å². The molecule has 0 fully saturated rings. The number of carboxylic acids is 1. The van der Waals surface area contributed by atoms with Crippen LogP contribution in [-0.2, 0) is 16.8 Å². The normalized spacial score (nSPS) is 12.2. The average molecular weight is 635 g/mol. The SMILES string of the molecule is Br.CCOc1nc2c(nc1OCC)C(=N)N(CC(=O)c1cc(OCCCC#N)c(OCC(=O)O)c(C(C)(C)C)c1)C2. The Kier molecular flexibility index (Phi) is 11.9. The van der Waals surface area contributed by atoms with Crippen LogP contribution in [0.1, 0.15) is 74.8 Å². The Hall–Kier alpha value is -3.92. The number of ketones is 1. The lowest BCUT2D eigenvalue weighted by molar-refractivity contribution is -0.139. The highest BCUT2D eigenvalue weighted by molar-refractivity contribution is 8.93. The van der Waals surface area contributed by atoms with Gasteiger partial charge in [0, 0.05) is 17.5 Å². The first-order valence-corrected chi connectivity index (χ1v) is 13.1. The van der Waals surface area contributed by atoms with Gasteiger partial charge >= 0.3 is 5.97 Å². The van der Waals surface area contributed by atoms with Gasteiger partial charge in [0.2, 0.25) is 0 Å². The smallest absolute Gasteiger partial charge is 0.341 e. The van der Waals surface area contributed by atoms with Crippen LogP contribution in [0.2, 0.25) is 0 Å². The number of nitriles is 1. The molecule has 12 nitrogen and oxygen atoms in total. The molecule has 0 saturated heterocycles. The van der Waals surface area contributed by atoms with Crippen LogP contribution in [0.5, 0.6) is 23.3 Å². The van der Waals surface area contributed by atoms with Crippen LogP contribution in [0.25, 0.3) is 0 Å². The molecule has 0 bridgehead atoms. The van der Waals surface area contributed by atoms with Crippen molar-refractivity contribution in [1.82, 2.24) is 14.9 Å². The van der Waals surface area contributed by atoms with Gasteiger partial charge in [-0.25, -0.2) is 14.8 Å². The molecule has 41 heavy (non-hydrogen) atoms. The standard InChI is InChI=1S/C28H35N5O7.BrH/c1-6-37-26-27(38-7-2)32-23-19(31-26)14-33(25(23)30)15-20(34)17-12-18(28(3,4)5)24(40-16-22(35)36)21(13-17)39-11-9-8-10-29;/h12-13,30H,6-9,11,14-16H2,1-5H3,(H,35,36);1H. The average Bonchev–Trinajstić information content (AvgIpc) is 3.18. The van der Waals surface area contributed by atoms with E-state index >= 15 is 0 Å². The molecule has 1 aliphatic heterocycles. The summed E-state index contributed by atoms with van der Waals surface area (Å²) >= 11 is 0. The number of aromatic nitrogens is 2. The molecule has 0 radical (unpaired) electrons. The third-order valence-electron chi connectivity index (χ3n) is 5.90. The van der Waals surface area contributed by atoms with E-state index in [-0.39, 0.29) is 78.0 Å². The highest BCUT2D eigenvalue weighted by atomic mass is 79.9. The first-order chi connectivity index (χ1) is 19.0. The summed E-state index contributed by atoms with van der Waals surface area (Å²) in [5.41, 5.74) is 1.23. The van der Waals surface area contributed by atoms with Gasteiger partial charge in [-0.3, -0.25) is 10.2 Å². The molecule has 0 saturated carbocycles. The summed E-state index contributed by atoms with van der Waals surface area (Å²) in [5, 5.41) is 26.7. The van der Waals surface area contributed by atoms with Crippen LogP contribution in [0.4, 0.5) is 0 Å². The molecule has 13 heteroatoms. The Morgan fingerprint density at radius 3 is 2.34 bits per heavy atom. The number of hydrogen-bond donors (Lipinski definition) is 2. The second kappa shape index (κ2) is 14.6. The largest absolute Gasteiger partial charge is 0.490 e. The maximum absolute atomic E-state index is 13.6. The van der Waals surface area contributed by atoms with Crippen molar-refractivity contribution in [1.29, 1.82) is 10.7 Å². The maximum atomic E-state index is 13.6. The molecule has 2 N–H and O–H groups in total. The lowest BCUT2D eigenvalue weighted by Crippen LogP contribution is -2.30. The number of rotatable bonds is 14. The second-order valence-electron chi connectivity index (χ2n) is 10.0. The molecule has 0 amide bonds. The number of halogens is 1. The number of carboxylic acid groups (broad SMARTS) is 1. The molecular weight excluding hydrogens is 598 g/mol. The second-order valence-corrected chi connectivity index (χ2v) is 10.0. The van der Waals surface area contributed by atoms with Crippen LogP contribution in [0, 0.1) is 16.7 Å². The molecule has 0 spiro atoms. The molecule has 0 atom stereocenters. The summed E-state index contributed by atoms with van der Waals surface area (Å²) in [7, 11) is 0. The number of ether oxygens (including phenoxy) is 4. The Bertz CT molecular complexity index is 1320. The summed E-state index contributed by atoms with van der Waals surface area (Å²) in [6, 6.07) is 5.24. The molecule has 3 rings (SSSR count). The summed E-state index contributed by atoms with van der Waals surface area (Å²) in [6.45, 7) is 9.78. The van der Waals surface area contributed by atoms with Crippen LogP contribution in [0.15, 0.2) is 12.1 Å². The molecule has 0 aliphatic carbocycles. The summed E-state index contributed by atoms with van der Waals surface area (Å²) in [4.78, 5) is 35.3. The summed E-state index contributed by atoms with van der Waals surface area (Å²) in [6.07, 6.45) is 0.736. The Morgan fingerprint density at radius 1 is 1.10 bits per heavy atom. The van der Waals surface area contributed by atoms with E-state index in [0.717, 1.165) is 0 Å². The van der Waals surface area contributed by atoms with E-state index in [0.29, 0.717) is 42.1 Å². The number of fused-ring (bicyclic) bond motifs is 1. The van der Waals surface area contributed by atoms with E-state index in [9.17, 15) is 14.7 Å². The number of hydrogen-bond acceptors (Lipinski definition) is 10. The Labute approximate surface area is 249 Å². The molecule has 222 valence electrons. The van der Waals surface area contributed by atoms with E-state index < -0.39 is 18.0 Å². The number of carbonyl (C=O) groups is 2. The maximum Gasteiger partial charge on any atom is 0.341 e. The molecule has 2 aromatic rings. The summed E-state index contributed by atoms with van der Waals surface area (Å²) in [5.74, 6) is -0.481. The zero-order valence-corrected chi connectivity index (χ0v) is 25.6. The quantitative estimate of drug-likeness (QED) is 0.224. The lowest BCUT2D eigenvalue weighted by Gasteiger charge is -2.26. The number of carbonyl (C=O) groups excluding carboxylic acids is 1. The molecular formula is C28H36BrN5O7. The van der Waals surface area contributed by atoms with Gasteiger partial charge in [-0.05, 0) is 37.8 Å². The third-order valence-corrected chi connectivity index (χ3v) is 5.90. The van der Waals surface area contributed by atoms with Gasteiger partial charge in [-0.15, -0.1) is 17.0 Å². The van der Waals surface area contributed by atoms with Crippen molar-refractivity contribution in [3.8, 4) is 29.3 Å². The van der Waals surface area contributed by atoms with Crippen molar-refractivity contribution in [3.05, 3.63) is 34.6 Å². The Morgan fingerprint density at radius 2 is 1.76 bits per heavy atom.